The summed E-state index contributed by atoms with van der Waals surface area (Å²) in [7, 11) is -7.52. The van der Waals surface area contributed by atoms with E-state index >= 15 is 0 Å². The van der Waals surface area contributed by atoms with Gasteiger partial charge < -0.3 is 10.1 Å². The molecule has 0 bridgehead atoms. The molecule has 1 saturated heterocycles. The topological polar surface area (TPSA) is 119 Å². The minimum Gasteiger partial charge on any atom is -0.450 e. The van der Waals surface area contributed by atoms with E-state index in [1.165, 1.54) is 6.07 Å². The second-order valence-corrected chi connectivity index (χ2v) is 9.96. The van der Waals surface area contributed by atoms with Gasteiger partial charge in [-0.25, -0.2) is 26.4 Å². The van der Waals surface area contributed by atoms with E-state index in [0.717, 1.165) is 0 Å². The van der Waals surface area contributed by atoms with Crippen LogP contribution in [0.25, 0.3) is 0 Å². The molecule has 1 amide bonds. The molecule has 25 heavy (non-hydrogen) atoms. The van der Waals surface area contributed by atoms with E-state index in [-0.39, 0.29) is 22.3 Å². The number of sulfone groups is 1. The summed E-state index contributed by atoms with van der Waals surface area (Å²) < 4.78 is 56.1. The van der Waals surface area contributed by atoms with Crippen LogP contribution in [0.3, 0.4) is 0 Å². The first-order valence-corrected chi connectivity index (χ1v) is 11.1. The summed E-state index contributed by atoms with van der Waals surface area (Å²) in [6.45, 7) is 3.32. The Morgan fingerprint density at radius 1 is 1.32 bits per heavy atom. The van der Waals surface area contributed by atoms with E-state index in [0.29, 0.717) is 5.56 Å². The third kappa shape index (κ3) is 5.06. The maximum absolute atomic E-state index is 12.6. The minimum atomic E-state index is -4.02. The Morgan fingerprint density at radius 3 is 2.60 bits per heavy atom. The van der Waals surface area contributed by atoms with Crippen LogP contribution >= 0.6 is 11.6 Å². The fourth-order valence-corrected chi connectivity index (χ4v) is 6.31. The average molecular weight is 411 g/mol. The normalized spacial score (nSPS) is 22.5. The molecule has 140 valence electrons. The quantitative estimate of drug-likeness (QED) is 0.742. The van der Waals surface area contributed by atoms with Crippen LogP contribution in [0.4, 0.5) is 4.79 Å². The monoisotopic (exact) mass is 410 g/mol. The van der Waals surface area contributed by atoms with Crippen molar-refractivity contribution >= 4 is 37.6 Å². The molecule has 2 atom stereocenters. The number of rotatable bonds is 5. The number of aryl methyl sites for hydroxylation is 1. The molecule has 1 heterocycles. The van der Waals surface area contributed by atoms with Gasteiger partial charge in [-0.05, 0) is 31.5 Å². The van der Waals surface area contributed by atoms with Crippen molar-refractivity contribution in [1.82, 2.24) is 10.0 Å². The van der Waals surface area contributed by atoms with E-state index < -0.39 is 43.8 Å². The van der Waals surface area contributed by atoms with Crippen LogP contribution < -0.4 is 10.0 Å². The van der Waals surface area contributed by atoms with E-state index in [1.807, 2.05) is 0 Å². The van der Waals surface area contributed by atoms with Crippen molar-refractivity contribution in [2.75, 3.05) is 18.1 Å². The maximum atomic E-state index is 12.6. The van der Waals surface area contributed by atoms with Gasteiger partial charge in [-0.15, -0.1) is 0 Å². The van der Waals surface area contributed by atoms with Gasteiger partial charge in [-0.3, -0.25) is 0 Å². The third-order valence-corrected chi connectivity index (χ3v) is 7.28. The molecule has 0 saturated carbocycles. The molecule has 0 aliphatic carbocycles. The van der Waals surface area contributed by atoms with Crippen LogP contribution in [-0.2, 0) is 24.6 Å². The lowest BCUT2D eigenvalue weighted by molar-refractivity contribution is 0.148. The Bertz CT molecular complexity index is 869. The number of benzene rings is 1. The molecule has 1 aliphatic rings. The summed E-state index contributed by atoms with van der Waals surface area (Å²) in [6.07, 6.45) is -0.798. The highest BCUT2D eigenvalue weighted by Gasteiger charge is 2.41. The number of alkyl carbamates (subject to hydrolysis) is 1. The third-order valence-electron chi connectivity index (χ3n) is 3.68. The summed E-state index contributed by atoms with van der Waals surface area (Å²) in [5.41, 5.74) is 0.465. The molecule has 0 radical (unpaired) electrons. The van der Waals surface area contributed by atoms with Crippen LogP contribution in [0.5, 0.6) is 0 Å². The highest BCUT2D eigenvalue weighted by molar-refractivity contribution is 7.92. The molecule has 0 unspecified atom stereocenters. The number of amides is 1. The van der Waals surface area contributed by atoms with Crippen molar-refractivity contribution < 1.29 is 26.4 Å². The second-order valence-electron chi connectivity index (χ2n) is 5.69. The molecule has 2 N–H and O–H groups in total. The van der Waals surface area contributed by atoms with Gasteiger partial charge in [0.2, 0.25) is 10.0 Å². The van der Waals surface area contributed by atoms with Crippen LogP contribution in [0.2, 0.25) is 5.02 Å². The molecular formula is C14H19ClN2O6S2. The second kappa shape index (κ2) is 7.48. The van der Waals surface area contributed by atoms with Crippen molar-refractivity contribution in [2.45, 2.75) is 30.8 Å². The number of sulfonamides is 1. The largest absolute Gasteiger partial charge is 0.450 e. The highest BCUT2D eigenvalue weighted by Crippen LogP contribution is 2.22. The van der Waals surface area contributed by atoms with Crippen LogP contribution in [-0.4, -0.2) is 53.1 Å². The van der Waals surface area contributed by atoms with E-state index in [2.05, 4.69) is 10.0 Å². The van der Waals surface area contributed by atoms with Gasteiger partial charge in [-0.1, -0.05) is 17.7 Å². The maximum Gasteiger partial charge on any atom is 0.407 e. The van der Waals surface area contributed by atoms with Crippen molar-refractivity contribution in [3.05, 3.63) is 28.8 Å². The lowest BCUT2D eigenvalue weighted by Gasteiger charge is -2.21. The predicted octanol–water partition coefficient (Wildman–Crippen LogP) is 0.838. The van der Waals surface area contributed by atoms with E-state index in [1.54, 1.807) is 26.0 Å². The summed E-state index contributed by atoms with van der Waals surface area (Å²) in [5, 5.41) is 2.63. The van der Waals surface area contributed by atoms with Crippen LogP contribution in [0, 0.1) is 6.92 Å². The predicted molar refractivity (Wildman–Crippen MR) is 92.9 cm³/mol. The first kappa shape index (κ1) is 20.0. The smallest absolute Gasteiger partial charge is 0.407 e. The summed E-state index contributed by atoms with van der Waals surface area (Å²) in [5.74, 6) is -0.781. The SMILES string of the molecule is CCOC(=O)N[C@H]1CS(=O)(=O)C[C@@H]1NS(=O)(=O)c1cc(Cl)ccc1C. The molecule has 0 aromatic heterocycles. The molecule has 8 nitrogen and oxygen atoms in total. The number of carbonyl (C=O) groups is 1. The molecular weight excluding hydrogens is 392 g/mol. The molecule has 1 aromatic carbocycles. The van der Waals surface area contributed by atoms with Gasteiger partial charge in [0, 0.05) is 5.02 Å². The van der Waals surface area contributed by atoms with Gasteiger partial charge >= 0.3 is 6.09 Å². The number of carbonyl (C=O) groups excluding carboxylic acids is 1. The summed E-state index contributed by atoms with van der Waals surface area (Å²) in [6, 6.07) is 2.48. The fourth-order valence-electron chi connectivity index (χ4n) is 2.56. The number of ether oxygens (including phenoxy) is 1. The van der Waals surface area contributed by atoms with Gasteiger partial charge in [0.25, 0.3) is 0 Å². The van der Waals surface area contributed by atoms with Crippen LogP contribution in [0.15, 0.2) is 23.1 Å². The standard InChI is InChI=1S/C14H19ClN2O6S2/c1-3-23-14(18)16-11-7-24(19,20)8-12(11)17-25(21,22)13-6-10(15)5-4-9(13)2/h4-6,11-12,17H,3,7-8H2,1-2H3,(H,16,18)/t11-,12-/m0/s1. The highest BCUT2D eigenvalue weighted by atomic mass is 35.5. The Hall–Kier alpha value is -1.36. The van der Waals surface area contributed by atoms with Gasteiger partial charge in [0.15, 0.2) is 9.84 Å². The van der Waals surface area contributed by atoms with Crippen molar-refractivity contribution in [2.24, 2.45) is 0 Å². The van der Waals surface area contributed by atoms with Crippen molar-refractivity contribution in [3.63, 3.8) is 0 Å². The molecule has 0 spiro atoms. The average Bonchev–Trinajstić information content (AvgIpc) is 2.74. The number of hydrogen-bond donors (Lipinski definition) is 2. The summed E-state index contributed by atoms with van der Waals surface area (Å²) >= 11 is 5.86. The molecule has 1 fully saturated rings. The lowest BCUT2D eigenvalue weighted by Crippen LogP contribution is -2.51. The lowest BCUT2D eigenvalue weighted by atomic mass is 10.2. The zero-order chi connectivity index (χ0) is 18.8. The Kier molecular flexibility index (Phi) is 5.97. The van der Waals surface area contributed by atoms with Gasteiger partial charge in [-0.2, -0.15) is 0 Å². The van der Waals surface area contributed by atoms with Crippen molar-refractivity contribution in [1.29, 1.82) is 0 Å². The Morgan fingerprint density at radius 2 is 1.96 bits per heavy atom. The van der Waals surface area contributed by atoms with E-state index in [4.69, 9.17) is 16.3 Å². The number of nitrogens with one attached hydrogen (secondary N) is 2. The fraction of sp³-hybridized carbons (Fsp3) is 0.500. The number of hydrogen-bond acceptors (Lipinski definition) is 6. The number of halogens is 1. The molecule has 1 aliphatic heterocycles. The first-order chi connectivity index (χ1) is 11.5. The van der Waals surface area contributed by atoms with E-state index in [9.17, 15) is 21.6 Å². The first-order valence-electron chi connectivity index (χ1n) is 7.46. The molecule has 2 rings (SSSR count). The Labute approximate surface area is 151 Å². The van der Waals surface area contributed by atoms with Gasteiger partial charge in [0.05, 0.1) is 35.1 Å². The zero-order valence-electron chi connectivity index (χ0n) is 13.7. The summed E-state index contributed by atoms with van der Waals surface area (Å²) in [4.78, 5) is 11.5. The van der Waals surface area contributed by atoms with Crippen LogP contribution in [0.1, 0.15) is 12.5 Å². The molecule has 1 aromatic rings. The minimum absolute atomic E-state index is 0.0424. The van der Waals surface area contributed by atoms with Crippen molar-refractivity contribution in [3.8, 4) is 0 Å². The molecule has 11 heteroatoms. The zero-order valence-corrected chi connectivity index (χ0v) is 16.0. The van der Waals surface area contributed by atoms with Gasteiger partial charge in [0.1, 0.15) is 0 Å². The Balaban J connectivity index is 2.26.